The van der Waals surface area contributed by atoms with E-state index in [0.29, 0.717) is 0 Å². The largest absolute Gasteiger partial charge is 0.371 e. The van der Waals surface area contributed by atoms with Crippen molar-refractivity contribution in [2.75, 3.05) is 30.4 Å². The summed E-state index contributed by atoms with van der Waals surface area (Å²) in [7, 11) is 3.82. The van der Waals surface area contributed by atoms with Crippen LogP contribution in [0.2, 0.25) is 0 Å². The number of nitrogens with zero attached hydrogens (tertiary/aromatic N) is 5. The van der Waals surface area contributed by atoms with Gasteiger partial charge in [-0.2, -0.15) is 0 Å². The van der Waals surface area contributed by atoms with Crippen molar-refractivity contribution in [3.05, 3.63) is 31.6 Å². The molecule has 3 aromatic heterocycles. The Morgan fingerprint density at radius 2 is 2.00 bits per heavy atom. The molecular weight excluding hydrogens is 296 g/mol. The molecule has 0 bridgehead atoms. The van der Waals surface area contributed by atoms with Gasteiger partial charge < -0.3 is 14.8 Å². The molecule has 0 saturated heterocycles. The van der Waals surface area contributed by atoms with Gasteiger partial charge in [-0.25, -0.2) is 15.0 Å². The SMILES string of the molecule is C=CCN(CC=C)c1nc2c(nc(NC)c3ncn(C)c32)s1. The first-order chi connectivity index (χ1) is 10.7. The molecule has 0 aromatic carbocycles. The third-order valence-corrected chi connectivity index (χ3v) is 4.41. The smallest absolute Gasteiger partial charge is 0.188 e. The molecule has 0 aliphatic carbocycles. The summed E-state index contributed by atoms with van der Waals surface area (Å²) in [4.78, 5) is 16.9. The zero-order valence-electron chi connectivity index (χ0n) is 12.7. The molecule has 3 rings (SSSR count). The standard InChI is InChI=1S/C15H18N6S/c1-5-7-21(8-6-2)15-18-11-12-10(17-9-20(12)4)13(16-3)19-14(11)22-15/h5-6,9H,1-2,7-8H2,3-4H3,(H,16,19). The van der Waals surface area contributed by atoms with Gasteiger partial charge in [0.1, 0.15) is 21.4 Å². The second-order valence-corrected chi connectivity index (χ2v) is 5.85. The van der Waals surface area contributed by atoms with E-state index >= 15 is 0 Å². The molecular formula is C15H18N6S. The predicted molar refractivity (Wildman–Crippen MR) is 93.8 cm³/mol. The van der Waals surface area contributed by atoms with E-state index in [1.807, 2.05) is 30.8 Å². The van der Waals surface area contributed by atoms with Crippen LogP contribution in [0.4, 0.5) is 10.9 Å². The average molecular weight is 314 g/mol. The second kappa shape index (κ2) is 5.76. The van der Waals surface area contributed by atoms with Crippen molar-refractivity contribution >= 4 is 43.7 Å². The van der Waals surface area contributed by atoms with Crippen molar-refractivity contribution in [2.24, 2.45) is 7.05 Å². The van der Waals surface area contributed by atoms with Gasteiger partial charge in [-0.15, -0.1) is 13.2 Å². The number of aryl methyl sites for hydroxylation is 1. The van der Waals surface area contributed by atoms with E-state index in [-0.39, 0.29) is 0 Å². The van der Waals surface area contributed by atoms with Crippen LogP contribution in [0.3, 0.4) is 0 Å². The van der Waals surface area contributed by atoms with Crippen molar-refractivity contribution in [3.8, 4) is 0 Å². The van der Waals surface area contributed by atoms with Crippen molar-refractivity contribution in [2.45, 2.75) is 0 Å². The minimum Gasteiger partial charge on any atom is -0.371 e. The fourth-order valence-corrected chi connectivity index (χ4v) is 3.38. The van der Waals surface area contributed by atoms with E-state index < -0.39 is 0 Å². The van der Waals surface area contributed by atoms with Crippen molar-refractivity contribution in [1.29, 1.82) is 0 Å². The molecule has 6 nitrogen and oxygen atoms in total. The molecule has 0 spiro atoms. The van der Waals surface area contributed by atoms with Crippen LogP contribution in [0.1, 0.15) is 0 Å². The van der Waals surface area contributed by atoms with Crippen molar-refractivity contribution < 1.29 is 0 Å². The lowest BCUT2D eigenvalue weighted by Gasteiger charge is -2.17. The van der Waals surface area contributed by atoms with Crippen LogP contribution in [-0.4, -0.2) is 39.7 Å². The summed E-state index contributed by atoms with van der Waals surface area (Å²) in [6.45, 7) is 9.06. The fraction of sp³-hybridized carbons (Fsp3) is 0.267. The first-order valence-corrected chi connectivity index (χ1v) is 7.77. The maximum atomic E-state index is 4.78. The Kier molecular flexibility index (Phi) is 3.81. The van der Waals surface area contributed by atoms with Crippen LogP contribution in [0.15, 0.2) is 31.6 Å². The number of aromatic nitrogens is 4. The number of fused-ring (bicyclic) bond motifs is 3. The molecule has 7 heteroatoms. The Morgan fingerprint density at radius 1 is 1.27 bits per heavy atom. The highest BCUT2D eigenvalue weighted by Crippen LogP contribution is 2.34. The molecule has 3 heterocycles. The van der Waals surface area contributed by atoms with Gasteiger partial charge in [0.05, 0.1) is 6.33 Å². The van der Waals surface area contributed by atoms with Crippen LogP contribution in [0, 0.1) is 0 Å². The van der Waals surface area contributed by atoms with Gasteiger partial charge in [0, 0.05) is 27.2 Å². The fourth-order valence-electron chi connectivity index (χ4n) is 2.42. The molecule has 1 N–H and O–H groups in total. The summed E-state index contributed by atoms with van der Waals surface area (Å²) in [5.74, 6) is 0.775. The number of nitrogens with one attached hydrogen (secondary N) is 1. The third kappa shape index (κ3) is 2.23. The quantitative estimate of drug-likeness (QED) is 0.709. The molecule has 3 aromatic rings. The lowest BCUT2D eigenvalue weighted by molar-refractivity contribution is 0.942. The van der Waals surface area contributed by atoms with E-state index in [1.165, 1.54) is 0 Å². The van der Waals surface area contributed by atoms with E-state index in [4.69, 9.17) is 4.98 Å². The Balaban J connectivity index is 2.24. The zero-order chi connectivity index (χ0) is 15.7. The second-order valence-electron chi connectivity index (χ2n) is 4.90. The van der Waals surface area contributed by atoms with Crippen LogP contribution in [0.25, 0.3) is 21.4 Å². The summed E-state index contributed by atoms with van der Waals surface area (Å²) in [6.07, 6.45) is 5.51. The van der Waals surface area contributed by atoms with Gasteiger partial charge >= 0.3 is 0 Å². The van der Waals surface area contributed by atoms with Gasteiger partial charge in [0.25, 0.3) is 0 Å². The van der Waals surface area contributed by atoms with Crippen LogP contribution in [0.5, 0.6) is 0 Å². The summed E-state index contributed by atoms with van der Waals surface area (Å²) in [5, 5.41) is 4.03. The first-order valence-electron chi connectivity index (χ1n) is 6.95. The number of anilines is 2. The number of hydrogen-bond acceptors (Lipinski definition) is 6. The number of thiazole rings is 1. The molecule has 0 aliphatic heterocycles. The first kappa shape index (κ1) is 14.5. The molecule has 0 unspecified atom stereocenters. The zero-order valence-corrected chi connectivity index (χ0v) is 13.5. The lowest BCUT2D eigenvalue weighted by Crippen LogP contribution is -2.22. The summed E-state index contributed by atoms with van der Waals surface area (Å²) in [5.41, 5.74) is 2.72. The number of imidazole rings is 1. The maximum Gasteiger partial charge on any atom is 0.188 e. The molecule has 0 saturated carbocycles. The van der Waals surface area contributed by atoms with Crippen molar-refractivity contribution in [1.82, 2.24) is 19.5 Å². The van der Waals surface area contributed by atoms with Gasteiger partial charge in [-0.3, -0.25) is 0 Å². The number of pyridine rings is 1. The summed E-state index contributed by atoms with van der Waals surface area (Å²) < 4.78 is 1.98. The highest BCUT2D eigenvalue weighted by molar-refractivity contribution is 7.22. The van der Waals surface area contributed by atoms with E-state index in [1.54, 1.807) is 17.7 Å². The average Bonchev–Trinajstić information content (AvgIpc) is 3.09. The molecule has 22 heavy (non-hydrogen) atoms. The Labute approximate surface area is 132 Å². The van der Waals surface area contributed by atoms with Gasteiger partial charge in [-0.1, -0.05) is 23.5 Å². The Morgan fingerprint density at radius 3 is 2.64 bits per heavy atom. The topological polar surface area (TPSA) is 58.9 Å². The molecule has 0 radical (unpaired) electrons. The van der Waals surface area contributed by atoms with Gasteiger partial charge in [-0.05, 0) is 0 Å². The summed E-state index contributed by atoms with van der Waals surface area (Å²) >= 11 is 1.57. The normalized spacial score (nSPS) is 11.0. The minimum absolute atomic E-state index is 0.721. The maximum absolute atomic E-state index is 4.78. The van der Waals surface area contributed by atoms with E-state index in [9.17, 15) is 0 Å². The molecule has 114 valence electrons. The monoisotopic (exact) mass is 314 g/mol. The molecule has 0 aliphatic rings. The van der Waals surface area contributed by atoms with Crippen LogP contribution >= 0.6 is 11.3 Å². The Bertz CT molecular complexity index is 837. The predicted octanol–water partition coefficient (Wildman–Crippen LogP) is 2.80. The van der Waals surface area contributed by atoms with Gasteiger partial charge in [0.2, 0.25) is 0 Å². The molecule has 0 atom stereocenters. The Hall–Kier alpha value is -2.41. The highest BCUT2D eigenvalue weighted by atomic mass is 32.1. The minimum atomic E-state index is 0.721. The van der Waals surface area contributed by atoms with Crippen molar-refractivity contribution in [3.63, 3.8) is 0 Å². The van der Waals surface area contributed by atoms with Gasteiger partial charge in [0.15, 0.2) is 10.9 Å². The van der Waals surface area contributed by atoms with E-state index in [2.05, 4.69) is 33.3 Å². The van der Waals surface area contributed by atoms with Crippen LogP contribution < -0.4 is 10.2 Å². The summed E-state index contributed by atoms with van der Waals surface area (Å²) in [6, 6.07) is 0. The lowest BCUT2D eigenvalue weighted by atomic mass is 10.3. The molecule has 0 amide bonds. The number of hydrogen-bond donors (Lipinski definition) is 1. The third-order valence-electron chi connectivity index (χ3n) is 3.40. The number of rotatable bonds is 6. The van der Waals surface area contributed by atoms with E-state index in [0.717, 1.165) is 45.4 Å². The molecule has 0 fully saturated rings. The van der Waals surface area contributed by atoms with Crippen LogP contribution in [-0.2, 0) is 7.05 Å². The highest BCUT2D eigenvalue weighted by Gasteiger charge is 2.18.